The molecule has 9 heteroatoms. The number of halogens is 4. The number of nitrogens with zero attached hydrogens (tertiary/aromatic N) is 3. The van der Waals surface area contributed by atoms with Crippen LogP contribution in [0.1, 0.15) is 18.4 Å². The predicted molar refractivity (Wildman–Crippen MR) is 100 cm³/mol. The molecule has 2 aliphatic rings. The standard InChI is InChI=1S/C20H27F4N3O2/c1-29-18-3-2-17(21)12-16(18)13-25-8-10-27(11-9-25)19(28)15-4-6-26(7-5-15)14-20(22,23)24/h2-3,12,15H,4-11,13-14H2,1H3. The molecule has 2 aliphatic heterocycles. The molecule has 0 unspecified atom stereocenters. The van der Waals surface area contributed by atoms with Crippen molar-refractivity contribution in [2.75, 3.05) is 52.9 Å². The molecule has 5 nitrogen and oxygen atoms in total. The van der Waals surface area contributed by atoms with Crippen LogP contribution in [0.3, 0.4) is 0 Å². The third-order valence-electron chi connectivity index (χ3n) is 5.66. The van der Waals surface area contributed by atoms with Gasteiger partial charge in [-0.25, -0.2) is 4.39 Å². The zero-order chi connectivity index (χ0) is 21.0. The van der Waals surface area contributed by atoms with E-state index in [1.165, 1.54) is 17.0 Å². The zero-order valence-electron chi connectivity index (χ0n) is 16.6. The average molecular weight is 417 g/mol. The van der Waals surface area contributed by atoms with Gasteiger partial charge >= 0.3 is 6.18 Å². The van der Waals surface area contributed by atoms with E-state index in [0.29, 0.717) is 64.4 Å². The quantitative estimate of drug-likeness (QED) is 0.691. The molecule has 0 atom stereocenters. The van der Waals surface area contributed by atoms with Gasteiger partial charge in [-0.3, -0.25) is 14.6 Å². The molecule has 2 fully saturated rings. The lowest BCUT2D eigenvalue weighted by Gasteiger charge is -2.38. The number of ether oxygens (including phenoxy) is 1. The van der Waals surface area contributed by atoms with Crippen molar-refractivity contribution in [3.05, 3.63) is 29.6 Å². The van der Waals surface area contributed by atoms with E-state index < -0.39 is 12.7 Å². The number of piperidine rings is 1. The van der Waals surface area contributed by atoms with Gasteiger partial charge in [0.1, 0.15) is 11.6 Å². The number of hydrogen-bond donors (Lipinski definition) is 0. The molecule has 3 rings (SSSR count). The summed E-state index contributed by atoms with van der Waals surface area (Å²) >= 11 is 0. The van der Waals surface area contributed by atoms with E-state index in [1.807, 2.05) is 4.90 Å². The van der Waals surface area contributed by atoms with Gasteiger partial charge in [-0.1, -0.05) is 0 Å². The van der Waals surface area contributed by atoms with Gasteiger partial charge in [-0.2, -0.15) is 13.2 Å². The average Bonchev–Trinajstić information content (AvgIpc) is 2.68. The van der Waals surface area contributed by atoms with Gasteiger partial charge < -0.3 is 9.64 Å². The van der Waals surface area contributed by atoms with E-state index in [4.69, 9.17) is 4.74 Å². The first-order chi connectivity index (χ1) is 13.7. The first-order valence-electron chi connectivity index (χ1n) is 9.88. The Morgan fingerprint density at radius 3 is 2.31 bits per heavy atom. The van der Waals surface area contributed by atoms with Crippen molar-refractivity contribution in [3.8, 4) is 5.75 Å². The van der Waals surface area contributed by atoms with Crippen LogP contribution in [-0.2, 0) is 11.3 Å². The molecule has 0 bridgehead atoms. The predicted octanol–water partition coefficient (Wildman–Crippen LogP) is 2.75. The van der Waals surface area contributed by atoms with Crippen molar-refractivity contribution in [1.82, 2.24) is 14.7 Å². The SMILES string of the molecule is COc1ccc(F)cc1CN1CCN(C(=O)C2CCN(CC(F)(F)F)CC2)CC1. The second kappa shape index (κ2) is 9.30. The summed E-state index contributed by atoms with van der Waals surface area (Å²) in [6, 6.07) is 4.43. The Bertz CT molecular complexity index is 697. The summed E-state index contributed by atoms with van der Waals surface area (Å²) < 4.78 is 56.3. The molecular weight excluding hydrogens is 390 g/mol. The minimum Gasteiger partial charge on any atom is -0.496 e. The van der Waals surface area contributed by atoms with Crippen molar-refractivity contribution in [1.29, 1.82) is 0 Å². The number of carbonyl (C=O) groups is 1. The van der Waals surface area contributed by atoms with Crippen molar-refractivity contribution in [2.24, 2.45) is 5.92 Å². The molecule has 2 saturated heterocycles. The number of likely N-dealkylation sites (tertiary alicyclic amines) is 1. The monoisotopic (exact) mass is 417 g/mol. The first-order valence-corrected chi connectivity index (χ1v) is 9.88. The largest absolute Gasteiger partial charge is 0.496 e. The van der Waals surface area contributed by atoms with Gasteiger partial charge in [0.2, 0.25) is 5.91 Å². The summed E-state index contributed by atoms with van der Waals surface area (Å²) in [5.41, 5.74) is 0.768. The summed E-state index contributed by atoms with van der Waals surface area (Å²) in [7, 11) is 1.55. The maximum atomic E-state index is 13.5. The molecule has 0 aromatic heterocycles. The molecule has 1 aromatic rings. The highest BCUT2D eigenvalue weighted by molar-refractivity contribution is 5.79. The summed E-state index contributed by atoms with van der Waals surface area (Å²) in [5, 5.41) is 0. The van der Waals surface area contributed by atoms with Gasteiger partial charge in [0.15, 0.2) is 0 Å². The summed E-state index contributed by atoms with van der Waals surface area (Å²) in [6.45, 7) is 2.70. The van der Waals surface area contributed by atoms with Crippen LogP contribution in [0.15, 0.2) is 18.2 Å². The molecule has 162 valence electrons. The van der Waals surface area contributed by atoms with E-state index in [2.05, 4.69) is 4.90 Å². The van der Waals surface area contributed by atoms with Crippen LogP contribution in [0.4, 0.5) is 17.6 Å². The van der Waals surface area contributed by atoms with Crippen LogP contribution in [-0.4, -0.2) is 79.7 Å². The van der Waals surface area contributed by atoms with E-state index in [-0.39, 0.29) is 17.6 Å². The van der Waals surface area contributed by atoms with Crippen molar-refractivity contribution >= 4 is 5.91 Å². The number of carbonyl (C=O) groups excluding carboxylic acids is 1. The van der Waals surface area contributed by atoms with E-state index >= 15 is 0 Å². The van der Waals surface area contributed by atoms with Gasteiger partial charge in [0.05, 0.1) is 13.7 Å². The smallest absolute Gasteiger partial charge is 0.401 e. The Morgan fingerprint density at radius 1 is 1.07 bits per heavy atom. The fourth-order valence-corrected chi connectivity index (χ4v) is 4.09. The third-order valence-corrected chi connectivity index (χ3v) is 5.66. The lowest BCUT2D eigenvalue weighted by molar-refractivity contribution is -0.151. The Hall–Kier alpha value is -1.87. The topological polar surface area (TPSA) is 36.0 Å². The van der Waals surface area contributed by atoms with Crippen molar-refractivity contribution in [2.45, 2.75) is 25.6 Å². The molecular formula is C20H27F4N3O2. The summed E-state index contributed by atoms with van der Waals surface area (Å²) in [4.78, 5) is 18.1. The molecule has 1 aromatic carbocycles. The van der Waals surface area contributed by atoms with Gasteiger partial charge in [-0.05, 0) is 44.1 Å². The van der Waals surface area contributed by atoms with E-state index in [9.17, 15) is 22.4 Å². The Kier molecular flexibility index (Phi) is 7.00. The summed E-state index contributed by atoms with van der Waals surface area (Å²) in [5.74, 6) is 0.163. The molecule has 2 heterocycles. The zero-order valence-corrected chi connectivity index (χ0v) is 16.6. The van der Waals surface area contributed by atoms with Crippen molar-refractivity contribution < 1.29 is 27.1 Å². The first kappa shape index (κ1) is 21.8. The third kappa shape index (κ3) is 6.05. The number of hydrogen-bond acceptors (Lipinski definition) is 4. The van der Waals surface area contributed by atoms with Crippen LogP contribution in [0.5, 0.6) is 5.75 Å². The Balaban J connectivity index is 1.46. The van der Waals surface area contributed by atoms with Crippen LogP contribution < -0.4 is 4.74 Å². The lowest BCUT2D eigenvalue weighted by atomic mass is 9.95. The molecule has 1 amide bonds. The number of rotatable bonds is 5. The fraction of sp³-hybridized carbons (Fsp3) is 0.650. The van der Waals surface area contributed by atoms with Crippen molar-refractivity contribution in [3.63, 3.8) is 0 Å². The highest BCUT2D eigenvalue weighted by Crippen LogP contribution is 2.25. The van der Waals surface area contributed by atoms with Crippen LogP contribution >= 0.6 is 0 Å². The van der Waals surface area contributed by atoms with Gasteiger partial charge in [-0.15, -0.1) is 0 Å². The Morgan fingerprint density at radius 2 is 1.72 bits per heavy atom. The molecule has 0 radical (unpaired) electrons. The van der Waals surface area contributed by atoms with E-state index in [1.54, 1.807) is 13.2 Å². The maximum Gasteiger partial charge on any atom is 0.401 e. The van der Waals surface area contributed by atoms with Gasteiger partial charge in [0.25, 0.3) is 0 Å². The van der Waals surface area contributed by atoms with Crippen LogP contribution in [0.25, 0.3) is 0 Å². The van der Waals surface area contributed by atoms with Gasteiger partial charge in [0, 0.05) is 44.2 Å². The molecule has 29 heavy (non-hydrogen) atoms. The second-order valence-corrected chi connectivity index (χ2v) is 7.72. The fourth-order valence-electron chi connectivity index (χ4n) is 4.09. The molecule has 0 saturated carbocycles. The maximum absolute atomic E-state index is 13.5. The number of piperazine rings is 1. The number of methoxy groups -OCH3 is 1. The highest BCUT2D eigenvalue weighted by Gasteiger charge is 2.35. The number of alkyl halides is 3. The lowest BCUT2D eigenvalue weighted by Crippen LogP contribution is -2.51. The molecule has 0 N–H and O–H groups in total. The highest BCUT2D eigenvalue weighted by atomic mass is 19.4. The van der Waals surface area contributed by atoms with Crippen LogP contribution in [0.2, 0.25) is 0 Å². The number of benzene rings is 1. The molecule has 0 aliphatic carbocycles. The summed E-state index contributed by atoms with van der Waals surface area (Å²) in [6.07, 6.45) is -3.26. The Labute approximate surface area is 168 Å². The van der Waals surface area contributed by atoms with Crippen LogP contribution in [0, 0.1) is 11.7 Å². The molecule has 0 spiro atoms. The number of amides is 1. The minimum atomic E-state index is -4.20. The van der Waals surface area contributed by atoms with E-state index in [0.717, 1.165) is 5.56 Å². The second-order valence-electron chi connectivity index (χ2n) is 7.72. The minimum absolute atomic E-state index is 0.0413. The normalized spacial score (nSPS) is 20.1.